The highest BCUT2D eigenvalue weighted by Gasteiger charge is 2.16. The van der Waals surface area contributed by atoms with Crippen LogP contribution in [0.5, 0.6) is 0 Å². The number of hydrogen-bond acceptors (Lipinski definition) is 4. The maximum atomic E-state index is 5.69. The van der Waals surface area contributed by atoms with Gasteiger partial charge in [0.25, 0.3) is 0 Å². The molecule has 1 heterocycles. The largest absolute Gasteiger partial charge is 0.375 e. The lowest BCUT2D eigenvalue weighted by molar-refractivity contribution is 0.0931. The number of nitrogens with one attached hydrogen (secondary N) is 1. The molecular weight excluding hydrogens is 244 g/mol. The van der Waals surface area contributed by atoms with Gasteiger partial charge in [-0.05, 0) is 12.3 Å². The Labute approximate surface area is 114 Å². The molecule has 1 saturated carbocycles. The monoisotopic (exact) mass is 268 g/mol. The second-order valence-electron chi connectivity index (χ2n) is 5.41. The van der Waals surface area contributed by atoms with Crippen LogP contribution in [0.2, 0.25) is 0 Å². The van der Waals surface area contributed by atoms with Crippen LogP contribution in [0.15, 0.2) is 5.38 Å². The van der Waals surface area contributed by atoms with Crippen molar-refractivity contribution in [3.63, 3.8) is 0 Å². The average molecular weight is 268 g/mol. The number of nitrogens with zero attached hydrogens (tertiary/aromatic N) is 1. The van der Waals surface area contributed by atoms with E-state index in [1.165, 1.54) is 25.7 Å². The highest BCUT2D eigenvalue weighted by atomic mass is 32.1. The first-order valence-corrected chi connectivity index (χ1v) is 7.86. The van der Waals surface area contributed by atoms with Crippen LogP contribution in [0.4, 0.5) is 0 Å². The fourth-order valence-corrected chi connectivity index (χ4v) is 2.73. The molecule has 0 atom stereocenters. The van der Waals surface area contributed by atoms with Crippen LogP contribution >= 0.6 is 11.3 Å². The van der Waals surface area contributed by atoms with Gasteiger partial charge in [-0.25, -0.2) is 4.98 Å². The lowest BCUT2D eigenvalue weighted by atomic mass is 9.83. The van der Waals surface area contributed by atoms with Gasteiger partial charge in [-0.15, -0.1) is 11.3 Å². The van der Waals surface area contributed by atoms with Crippen molar-refractivity contribution in [2.24, 2.45) is 5.92 Å². The third kappa shape index (κ3) is 4.67. The van der Waals surface area contributed by atoms with Crippen molar-refractivity contribution < 1.29 is 4.74 Å². The van der Waals surface area contributed by atoms with E-state index in [2.05, 4.69) is 29.5 Å². The van der Waals surface area contributed by atoms with Crippen molar-refractivity contribution in [1.29, 1.82) is 0 Å². The van der Waals surface area contributed by atoms with Crippen LogP contribution in [0.3, 0.4) is 0 Å². The maximum Gasteiger partial charge on any atom is 0.107 e. The first kappa shape index (κ1) is 14.0. The maximum absolute atomic E-state index is 5.69. The summed E-state index contributed by atoms with van der Waals surface area (Å²) >= 11 is 1.72. The van der Waals surface area contributed by atoms with Crippen molar-refractivity contribution in [3.8, 4) is 0 Å². The standard InChI is InChI=1S/C14H24N2OS/c1-11(2)15-8-14-16-13(10-18-14)9-17-7-6-12-4-3-5-12/h10-12,15H,3-9H2,1-2H3. The summed E-state index contributed by atoms with van der Waals surface area (Å²) in [5.41, 5.74) is 1.08. The van der Waals surface area contributed by atoms with Crippen molar-refractivity contribution in [2.45, 2.75) is 58.7 Å². The van der Waals surface area contributed by atoms with Gasteiger partial charge in [0.1, 0.15) is 5.01 Å². The van der Waals surface area contributed by atoms with Crippen molar-refractivity contribution >= 4 is 11.3 Å². The minimum atomic E-state index is 0.510. The quantitative estimate of drug-likeness (QED) is 0.734. The van der Waals surface area contributed by atoms with Gasteiger partial charge in [-0.3, -0.25) is 0 Å². The van der Waals surface area contributed by atoms with E-state index in [0.29, 0.717) is 12.6 Å². The first-order chi connectivity index (χ1) is 8.74. The molecule has 0 spiro atoms. The third-order valence-corrected chi connectivity index (χ3v) is 4.30. The van der Waals surface area contributed by atoms with Gasteiger partial charge in [0.2, 0.25) is 0 Å². The van der Waals surface area contributed by atoms with E-state index < -0.39 is 0 Å². The third-order valence-electron chi connectivity index (χ3n) is 3.41. The Bertz CT molecular complexity index is 347. The number of aromatic nitrogens is 1. The Morgan fingerprint density at radius 1 is 1.50 bits per heavy atom. The summed E-state index contributed by atoms with van der Waals surface area (Å²) < 4.78 is 5.69. The van der Waals surface area contributed by atoms with Crippen LogP contribution in [-0.4, -0.2) is 17.6 Å². The molecule has 0 amide bonds. The SMILES string of the molecule is CC(C)NCc1nc(COCCC2CCC2)cs1. The molecule has 18 heavy (non-hydrogen) atoms. The summed E-state index contributed by atoms with van der Waals surface area (Å²) in [6.07, 6.45) is 5.46. The van der Waals surface area contributed by atoms with Gasteiger partial charge >= 0.3 is 0 Å². The number of hydrogen-bond donors (Lipinski definition) is 1. The molecule has 2 rings (SSSR count). The van der Waals surface area contributed by atoms with Gasteiger partial charge in [0.05, 0.1) is 12.3 Å². The van der Waals surface area contributed by atoms with Crippen molar-refractivity contribution in [2.75, 3.05) is 6.61 Å². The molecule has 1 aromatic rings. The summed E-state index contributed by atoms with van der Waals surface area (Å²) in [5.74, 6) is 0.936. The normalized spacial score (nSPS) is 16.2. The van der Waals surface area contributed by atoms with Crippen molar-refractivity contribution in [3.05, 3.63) is 16.1 Å². The Hall–Kier alpha value is -0.450. The smallest absolute Gasteiger partial charge is 0.107 e. The van der Waals surface area contributed by atoms with E-state index in [9.17, 15) is 0 Å². The Morgan fingerprint density at radius 2 is 2.33 bits per heavy atom. The molecule has 0 aliphatic heterocycles. The Morgan fingerprint density at radius 3 is 3.00 bits per heavy atom. The van der Waals surface area contributed by atoms with Gasteiger partial charge in [-0.2, -0.15) is 0 Å². The predicted molar refractivity (Wildman–Crippen MR) is 75.7 cm³/mol. The van der Waals surface area contributed by atoms with Crippen LogP contribution in [-0.2, 0) is 17.9 Å². The molecule has 3 nitrogen and oxygen atoms in total. The summed E-state index contributed by atoms with van der Waals surface area (Å²) in [6, 6.07) is 0.510. The van der Waals surface area contributed by atoms with Gasteiger partial charge in [0, 0.05) is 24.6 Å². The minimum Gasteiger partial charge on any atom is -0.375 e. The molecular formula is C14H24N2OS. The lowest BCUT2D eigenvalue weighted by Crippen LogP contribution is -2.21. The average Bonchev–Trinajstić information content (AvgIpc) is 2.71. The van der Waals surface area contributed by atoms with Gasteiger partial charge < -0.3 is 10.1 Å². The van der Waals surface area contributed by atoms with Gasteiger partial charge in [-0.1, -0.05) is 33.1 Å². The van der Waals surface area contributed by atoms with Crippen LogP contribution in [0.25, 0.3) is 0 Å². The van der Waals surface area contributed by atoms with E-state index in [1.807, 2.05) is 0 Å². The molecule has 1 aliphatic carbocycles. The molecule has 1 aromatic heterocycles. The molecule has 102 valence electrons. The van der Waals surface area contributed by atoms with Crippen LogP contribution < -0.4 is 5.32 Å². The second-order valence-corrected chi connectivity index (χ2v) is 6.35. The predicted octanol–water partition coefficient (Wildman–Crippen LogP) is 3.35. The Balaban J connectivity index is 1.60. The zero-order valence-corrected chi connectivity index (χ0v) is 12.3. The summed E-state index contributed by atoms with van der Waals surface area (Å²) in [5, 5.41) is 6.65. The summed E-state index contributed by atoms with van der Waals surface area (Å²) in [7, 11) is 0. The fraction of sp³-hybridized carbons (Fsp3) is 0.786. The van der Waals surface area contributed by atoms with E-state index in [0.717, 1.165) is 29.8 Å². The number of ether oxygens (including phenoxy) is 1. The van der Waals surface area contributed by atoms with E-state index >= 15 is 0 Å². The van der Waals surface area contributed by atoms with Crippen molar-refractivity contribution in [1.82, 2.24) is 10.3 Å². The zero-order chi connectivity index (χ0) is 12.8. The van der Waals surface area contributed by atoms with E-state index in [4.69, 9.17) is 4.74 Å². The molecule has 4 heteroatoms. The molecule has 1 N–H and O–H groups in total. The molecule has 0 aromatic carbocycles. The molecule has 0 radical (unpaired) electrons. The summed E-state index contributed by atoms with van der Waals surface area (Å²) in [6.45, 7) is 6.73. The lowest BCUT2D eigenvalue weighted by Gasteiger charge is -2.24. The fourth-order valence-electron chi connectivity index (χ4n) is 2.00. The molecule has 1 fully saturated rings. The molecule has 0 saturated heterocycles. The zero-order valence-electron chi connectivity index (χ0n) is 11.4. The second kappa shape index (κ2) is 7.22. The van der Waals surface area contributed by atoms with Gasteiger partial charge in [0.15, 0.2) is 0 Å². The summed E-state index contributed by atoms with van der Waals surface area (Å²) in [4.78, 5) is 4.56. The Kier molecular flexibility index (Phi) is 5.60. The molecule has 1 aliphatic rings. The highest BCUT2D eigenvalue weighted by molar-refractivity contribution is 7.09. The first-order valence-electron chi connectivity index (χ1n) is 6.98. The minimum absolute atomic E-state index is 0.510. The van der Waals surface area contributed by atoms with Crippen LogP contribution in [0, 0.1) is 5.92 Å². The molecule has 0 bridgehead atoms. The number of thiazole rings is 1. The topological polar surface area (TPSA) is 34.2 Å². The van der Waals surface area contributed by atoms with E-state index in [-0.39, 0.29) is 0 Å². The van der Waals surface area contributed by atoms with E-state index in [1.54, 1.807) is 11.3 Å². The highest BCUT2D eigenvalue weighted by Crippen LogP contribution is 2.29. The number of rotatable bonds is 8. The molecule has 0 unspecified atom stereocenters. The van der Waals surface area contributed by atoms with Crippen LogP contribution in [0.1, 0.15) is 50.2 Å².